The van der Waals surface area contributed by atoms with Gasteiger partial charge in [-0.15, -0.1) is 0 Å². The quantitative estimate of drug-likeness (QED) is 0.197. The third-order valence-electron chi connectivity index (χ3n) is 6.25. The molecule has 1 N–H and O–H groups in total. The molecule has 2 amide bonds. The number of benzene rings is 3. The third-order valence-corrected chi connectivity index (χ3v) is 7.29. The Morgan fingerprint density at radius 1 is 0.921 bits per heavy atom. The molecule has 0 aliphatic rings. The molecule has 0 spiro atoms. The molecule has 0 atom stereocenters. The number of unbranched alkanes of at least 4 members (excludes halogenated alkanes) is 5. The molecule has 0 aliphatic heterocycles. The van der Waals surface area contributed by atoms with E-state index in [1.165, 1.54) is 43.9 Å². The second-order valence-electron chi connectivity index (χ2n) is 9.35. The maximum Gasteiger partial charge on any atom is 0.279 e. The molecule has 1 heterocycles. The largest absolute Gasteiger partial charge is 0.491 e. The molecule has 0 saturated heterocycles. The highest BCUT2D eigenvalue weighted by molar-refractivity contribution is 7.16. The topological polar surface area (TPSA) is 72.7 Å². The number of hydrogen-bond acceptors (Lipinski definition) is 4. The fourth-order valence-corrected chi connectivity index (χ4v) is 5.35. The number of carbonyl (C=O) groups excluding carboxylic acids is 2. The Bertz CT molecular complexity index is 1430. The van der Waals surface area contributed by atoms with Gasteiger partial charge < -0.3 is 14.6 Å². The van der Waals surface area contributed by atoms with Gasteiger partial charge in [-0.3, -0.25) is 9.59 Å². The Balaban J connectivity index is 1.71. The third kappa shape index (κ3) is 7.42. The van der Waals surface area contributed by atoms with E-state index in [0.717, 1.165) is 28.6 Å². The van der Waals surface area contributed by atoms with E-state index in [1.54, 1.807) is 12.1 Å². The Labute approximate surface area is 228 Å². The van der Waals surface area contributed by atoms with Crippen LogP contribution in [0.25, 0.3) is 10.2 Å². The maximum atomic E-state index is 13.0. The highest BCUT2D eigenvalue weighted by Gasteiger charge is 2.15. The Morgan fingerprint density at radius 3 is 2.32 bits per heavy atom. The van der Waals surface area contributed by atoms with E-state index in [-0.39, 0.29) is 11.8 Å². The van der Waals surface area contributed by atoms with Crippen molar-refractivity contribution in [1.82, 2.24) is 4.57 Å². The molecular formula is C31H35N3O3S. The molecule has 0 aliphatic carbocycles. The number of hydrogen-bond donors (Lipinski definition) is 1. The standard InChI is InChI=1S/C31H35N3O3S/c1-3-4-5-6-7-14-19-37-28-21-27-29(20-26(28)32-23(2)35)38-31(33-30(36)25-17-12-9-13-18-25)34(27)22-24-15-10-8-11-16-24/h8-13,15-18,20-21H,3-7,14,19,22H2,1-2H3,(H,32,35). The summed E-state index contributed by atoms with van der Waals surface area (Å²) in [5.74, 6) is 0.175. The number of fused-ring (bicyclic) bond motifs is 1. The number of thiazole rings is 1. The summed E-state index contributed by atoms with van der Waals surface area (Å²) >= 11 is 1.42. The normalized spacial score (nSPS) is 11.6. The first-order valence-electron chi connectivity index (χ1n) is 13.3. The zero-order chi connectivity index (χ0) is 26.7. The van der Waals surface area contributed by atoms with Gasteiger partial charge in [-0.2, -0.15) is 4.99 Å². The van der Waals surface area contributed by atoms with Crippen molar-refractivity contribution in [2.45, 2.75) is 58.9 Å². The molecule has 3 aromatic carbocycles. The van der Waals surface area contributed by atoms with Crippen LogP contribution in [0.2, 0.25) is 0 Å². The van der Waals surface area contributed by atoms with Crippen LogP contribution in [0.1, 0.15) is 68.3 Å². The Kier molecular flexibility index (Phi) is 9.87. The lowest BCUT2D eigenvalue weighted by Gasteiger charge is -2.13. The second-order valence-corrected chi connectivity index (χ2v) is 10.4. The lowest BCUT2D eigenvalue weighted by atomic mass is 10.1. The molecule has 0 bridgehead atoms. The van der Waals surface area contributed by atoms with E-state index in [9.17, 15) is 9.59 Å². The van der Waals surface area contributed by atoms with E-state index >= 15 is 0 Å². The molecule has 4 rings (SSSR count). The molecule has 198 valence electrons. The van der Waals surface area contributed by atoms with Gasteiger partial charge in [0.15, 0.2) is 4.80 Å². The van der Waals surface area contributed by atoms with Crippen LogP contribution in [0.4, 0.5) is 5.69 Å². The minimum absolute atomic E-state index is 0.161. The number of aromatic nitrogens is 1. The predicted octanol–water partition coefficient (Wildman–Crippen LogP) is 7.19. The molecule has 1 aromatic heterocycles. The molecule has 4 aromatic rings. The zero-order valence-electron chi connectivity index (χ0n) is 22.1. The van der Waals surface area contributed by atoms with E-state index in [2.05, 4.69) is 29.4 Å². The number of amides is 2. The van der Waals surface area contributed by atoms with Crippen molar-refractivity contribution in [3.05, 3.63) is 88.7 Å². The van der Waals surface area contributed by atoms with Gasteiger partial charge in [0, 0.05) is 18.6 Å². The number of nitrogens with zero attached hydrogens (tertiary/aromatic N) is 2. The Hall–Kier alpha value is -3.71. The summed E-state index contributed by atoms with van der Waals surface area (Å²) in [5.41, 5.74) is 3.18. The minimum Gasteiger partial charge on any atom is -0.491 e. The monoisotopic (exact) mass is 529 g/mol. The van der Waals surface area contributed by atoms with Gasteiger partial charge in [-0.1, -0.05) is 98.9 Å². The summed E-state index contributed by atoms with van der Waals surface area (Å²) in [6, 6.07) is 23.1. The summed E-state index contributed by atoms with van der Waals surface area (Å²) in [5, 5.41) is 2.92. The average Bonchev–Trinajstić information content (AvgIpc) is 3.24. The summed E-state index contributed by atoms with van der Waals surface area (Å²) < 4.78 is 9.16. The van der Waals surface area contributed by atoms with Crippen molar-refractivity contribution in [3.63, 3.8) is 0 Å². The molecule has 6 nitrogen and oxygen atoms in total. The lowest BCUT2D eigenvalue weighted by molar-refractivity contribution is -0.114. The second kappa shape index (κ2) is 13.7. The fourth-order valence-electron chi connectivity index (χ4n) is 4.30. The minimum atomic E-state index is -0.291. The van der Waals surface area contributed by atoms with Crippen LogP contribution in [0.15, 0.2) is 77.8 Å². The number of ether oxygens (including phenoxy) is 1. The molecule has 0 saturated carbocycles. The van der Waals surface area contributed by atoms with Crippen molar-refractivity contribution < 1.29 is 14.3 Å². The van der Waals surface area contributed by atoms with E-state index in [4.69, 9.17) is 4.74 Å². The van der Waals surface area contributed by atoms with Crippen LogP contribution in [0.3, 0.4) is 0 Å². The van der Waals surface area contributed by atoms with Crippen molar-refractivity contribution in [1.29, 1.82) is 0 Å². The van der Waals surface area contributed by atoms with Gasteiger partial charge in [-0.25, -0.2) is 0 Å². The van der Waals surface area contributed by atoms with Crippen LogP contribution in [-0.4, -0.2) is 23.0 Å². The van der Waals surface area contributed by atoms with Crippen LogP contribution in [0.5, 0.6) is 5.75 Å². The van der Waals surface area contributed by atoms with E-state index in [1.807, 2.05) is 53.1 Å². The van der Waals surface area contributed by atoms with Gasteiger partial charge in [0.2, 0.25) is 5.91 Å². The molecular weight excluding hydrogens is 494 g/mol. The molecule has 0 unspecified atom stereocenters. The first-order valence-corrected chi connectivity index (χ1v) is 14.1. The van der Waals surface area contributed by atoms with E-state index in [0.29, 0.717) is 35.0 Å². The van der Waals surface area contributed by atoms with Crippen molar-refractivity contribution in [3.8, 4) is 5.75 Å². The van der Waals surface area contributed by atoms with Gasteiger partial charge in [0.1, 0.15) is 5.75 Å². The first-order chi connectivity index (χ1) is 18.5. The highest BCUT2D eigenvalue weighted by Crippen LogP contribution is 2.33. The number of nitrogens with one attached hydrogen (secondary N) is 1. The van der Waals surface area contributed by atoms with Crippen LogP contribution in [-0.2, 0) is 11.3 Å². The first kappa shape index (κ1) is 27.3. The summed E-state index contributed by atoms with van der Waals surface area (Å²) in [6.45, 7) is 4.84. The summed E-state index contributed by atoms with van der Waals surface area (Å²) in [4.78, 5) is 30.1. The van der Waals surface area contributed by atoms with Gasteiger partial charge in [-0.05, 0) is 30.2 Å². The van der Waals surface area contributed by atoms with E-state index < -0.39 is 0 Å². The van der Waals surface area contributed by atoms with Crippen molar-refractivity contribution in [2.75, 3.05) is 11.9 Å². The molecule has 7 heteroatoms. The molecule has 0 radical (unpaired) electrons. The average molecular weight is 530 g/mol. The highest BCUT2D eigenvalue weighted by atomic mass is 32.1. The maximum absolute atomic E-state index is 13.0. The van der Waals surface area contributed by atoms with Gasteiger partial charge >= 0.3 is 0 Å². The zero-order valence-corrected chi connectivity index (χ0v) is 22.9. The lowest BCUT2D eigenvalue weighted by Crippen LogP contribution is -2.18. The summed E-state index contributed by atoms with van der Waals surface area (Å²) in [7, 11) is 0. The van der Waals surface area contributed by atoms with Crippen LogP contribution < -0.4 is 14.9 Å². The fraction of sp³-hybridized carbons (Fsp3) is 0.323. The van der Waals surface area contributed by atoms with Gasteiger partial charge in [0.05, 0.1) is 29.1 Å². The van der Waals surface area contributed by atoms with Crippen molar-refractivity contribution in [2.24, 2.45) is 4.99 Å². The van der Waals surface area contributed by atoms with Crippen LogP contribution in [0, 0.1) is 0 Å². The number of carbonyl (C=O) groups is 2. The number of anilines is 1. The van der Waals surface area contributed by atoms with Gasteiger partial charge in [0.25, 0.3) is 5.91 Å². The Morgan fingerprint density at radius 2 is 1.61 bits per heavy atom. The number of rotatable bonds is 12. The van der Waals surface area contributed by atoms with Crippen molar-refractivity contribution >= 4 is 39.1 Å². The molecule has 0 fully saturated rings. The summed E-state index contributed by atoms with van der Waals surface area (Å²) in [6.07, 6.45) is 7.03. The molecule has 38 heavy (non-hydrogen) atoms. The smallest absolute Gasteiger partial charge is 0.279 e. The SMILES string of the molecule is CCCCCCCCOc1cc2c(cc1NC(C)=O)sc(=NC(=O)c1ccccc1)n2Cc1ccccc1. The van der Waals surface area contributed by atoms with Crippen LogP contribution >= 0.6 is 11.3 Å². The predicted molar refractivity (Wildman–Crippen MR) is 155 cm³/mol.